The smallest absolute Gasteiger partial charge is 0.273 e. The Bertz CT molecular complexity index is 962. The van der Waals surface area contributed by atoms with Gasteiger partial charge in [-0.2, -0.15) is 5.10 Å². The van der Waals surface area contributed by atoms with Gasteiger partial charge in [-0.1, -0.05) is 26.3 Å². The van der Waals surface area contributed by atoms with Gasteiger partial charge in [-0.25, -0.2) is 5.43 Å². The molecule has 2 aliphatic rings. The van der Waals surface area contributed by atoms with E-state index >= 15 is 0 Å². The molecule has 4 heterocycles. The molecule has 2 N–H and O–H groups in total. The zero-order valence-electron chi connectivity index (χ0n) is 19.0. The Labute approximate surface area is 189 Å². The van der Waals surface area contributed by atoms with E-state index < -0.39 is 0 Å². The molecule has 1 saturated heterocycles. The van der Waals surface area contributed by atoms with Crippen LogP contribution in [0.1, 0.15) is 79.3 Å². The Kier molecular flexibility index (Phi) is 7.08. The van der Waals surface area contributed by atoms with Crippen LogP contribution in [-0.2, 0) is 11.2 Å². The van der Waals surface area contributed by atoms with Crippen LogP contribution in [-0.4, -0.2) is 41.1 Å². The number of piperidine rings is 1. The number of carbonyl (C=O) groups excluding carboxylic acids is 1. The van der Waals surface area contributed by atoms with Crippen molar-refractivity contribution in [1.29, 1.82) is 0 Å². The fraction of sp³-hybridized carbons (Fsp3) is 0.520. The Morgan fingerprint density at radius 3 is 2.74 bits per heavy atom. The van der Waals surface area contributed by atoms with Crippen molar-refractivity contribution in [3.05, 3.63) is 50.5 Å². The molecule has 2 aromatic rings. The molecule has 0 radical (unpaired) electrons. The summed E-state index contributed by atoms with van der Waals surface area (Å²) in [6, 6.07) is 4.00. The van der Waals surface area contributed by atoms with Crippen molar-refractivity contribution < 1.29 is 4.79 Å². The number of rotatable bonds is 8. The van der Waals surface area contributed by atoms with Crippen molar-refractivity contribution >= 4 is 29.0 Å². The van der Waals surface area contributed by atoms with Crippen LogP contribution in [0.2, 0.25) is 0 Å². The SMILES string of the molecule is Cc1[nH]c(/C=C2/C(=O)NN=C2c2cccs2)c(C(C)C)c1CCCCN1CCCCC1. The second-order valence-corrected chi connectivity index (χ2v) is 9.95. The maximum atomic E-state index is 12.5. The maximum absolute atomic E-state index is 12.5. The second kappa shape index (κ2) is 9.96. The van der Waals surface area contributed by atoms with Crippen molar-refractivity contribution in [2.75, 3.05) is 19.6 Å². The fourth-order valence-electron chi connectivity index (χ4n) is 4.84. The summed E-state index contributed by atoms with van der Waals surface area (Å²) in [5.41, 5.74) is 9.06. The van der Waals surface area contributed by atoms with E-state index in [2.05, 4.69) is 41.2 Å². The zero-order chi connectivity index (χ0) is 21.8. The highest BCUT2D eigenvalue weighted by Gasteiger charge is 2.26. The number of hydrazone groups is 1. The molecule has 0 spiro atoms. The summed E-state index contributed by atoms with van der Waals surface area (Å²) in [5, 5.41) is 6.30. The van der Waals surface area contributed by atoms with Crippen LogP contribution in [0.5, 0.6) is 0 Å². The molecule has 166 valence electrons. The normalized spacial score (nSPS) is 18.8. The first-order valence-corrected chi connectivity index (χ1v) is 12.5. The highest BCUT2D eigenvalue weighted by molar-refractivity contribution is 7.12. The van der Waals surface area contributed by atoms with Crippen LogP contribution in [0.15, 0.2) is 28.2 Å². The number of likely N-dealkylation sites (tertiary alicyclic amines) is 1. The maximum Gasteiger partial charge on any atom is 0.273 e. The van der Waals surface area contributed by atoms with E-state index in [4.69, 9.17) is 0 Å². The number of thiophene rings is 1. The molecule has 0 saturated carbocycles. The largest absolute Gasteiger partial charge is 0.359 e. The molecule has 2 aromatic heterocycles. The molecule has 0 bridgehead atoms. The minimum Gasteiger partial charge on any atom is -0.359 e. The number of carbonyl (C=O) groups is 1. The average Bonchev–Trinajstić information content (AvgIpc) is 3.47. The van der Waals surface area contributed by atoms with Crippen LogP contribution in [0, 0.1) is 6.92 Å². The number of amides is 1. The standard InChI is InChI=1S/C25H34N4OS/c1-17(2)23-19(10-5-8-14-29-12-6-4-7-13-29)18(3)26-21(23)16-20-24(27-28-25(20)30)22-11-9-15-31-22/h9,11,15-17,26H,4-8,10,12-14H2,1-3H3,(H,28,30)/b20-16+. The van der Waals surface area contributed by atoms with E-state index in [1.54, 1.807) is 11.3 Å². The first-order valence-electron chi connectivity index (χ1n) is 11.6. The average molecular weight is 439 g/mol. The lowest BCUT2D eigenvalue weighted by atomic mass is 9.93. The number of hydrogen-bond donors (Lipinski definition) is 2. The molecule has 1 fully saturated rings. The quantitative estimate of drug-likeness (QED) is 0.438. The molecular formula is C25H34N4OS. The highest BCUT2D eigenvalue weighted by atomic mass is 32.1. The Balaban J connectivity index is 1.51. The Morgan fingerprint density at radius 2 is 2.03 bits per heavy atom. The van der Waals surface area contributed by atoms with Crippen molar-refractivity contribution in [1.82, 2.24) is 15.3 Å². The molecule has 6 heteroatoms. The zero-order valence-corrected chi connectivity index (χ0v) is 19.8. The summed E-state index contributed by atoms with van der Waals surface area (Å²) < 4.78 is 0. The van der Waals surface area contributed by atoms with Crippen LogP contribution in [0.4, 0.5) is 0 Å². The molecule has 0 atom stereocenters. The number of aromatic nitrogens is 1. The van der Waals surface area contributed by atoms with Crippen molar-refractivity contribution in [3.8, 4) is 0 Å². The number of nitrogens with zero attached hydrogens (tertiary/aromatic N) is 2. The number of aryl methyl sites for hydroxylation is 1. The van der Waals surface area contributed by atoms with Gasteiger partial charge in [0.05, 0.1) is 10.5 Å². The van der Waals surface area contributed by atoms with E-state index in [0.29, 0.717) is 11.5 Å². The molecular weight excluding hydrogens is 404 g/mol. The molecule has 1 amide bonds. The van der Waals surface area contributed by atoms with Crippen molar-refractivity contribution in [2.45, 2.75) is 65.2 Å². The van der Waals surface area contributed by atoms with E-state index in [0.717, 1.165) is 22.7 Å². The van der Waals surface area contributed by atoms with Gasteiger partial charge in [0, 0.05) is 11.4 Å². The molecule has 4 rings (SSSR count). The van der Waals surface area contributed by atoms with Gasteiger partial charge < -0.3 is 9.88 Å². The first kappa shape index (κ1) is 22.0. The van der Waals surface area contributed by atoms with E-state index in [-0.39, 0.29) is 5.91 Å². The van der Waals surface area contributed by atoms with Gasteiger partial charge in [-0.05, 0) is 93.2 Å². The Morgan fingerprint density at radius 1 is 1.23 bits per heavy atom. The van der Waals surface area contributed by atoms with Gasteiger partial charge in [0.2, 0.25) is 0 Å². The van der Waals surface area contributed by atoms with Crippen molar-refractivity contribution in [2.24, 2.45) is 5.10 Å². The van der Waals surface area contributed by atoms with E-state index in [9.17, 15) is 4.79 Å². The van der Waals surface area contributed by atoms with E-state index in [1.807, 2.05) is 23.6 Å². The second-order valence-electron chi connectivity index (χ2n) is 9.01. The third kappa shape index (κ3) is 5.01. The molecule has 5 nitrogen and oxygen atoms in total. The minimum absolute atomic E-state index is 0.131. The van der Waals surface area contributed by atoms with Gasteiger partial charge in [-0.15, -0.1) is 11.3 Å². The highest BCUT2D eigenvalue weighted by Crippen LogP contribution is 2.31. The van der Waals surface area contributed by atoms with Crippen LogP contribution in [0.3, 0.4) is 0 Å². The van der Waals surface area contributed by atoms with E-state index in [1.165, 1.54) is 68.6 Å². The lowest BCUT2D eigenvalue weighted by Crippen LogP contribution is -2.30. The topological polar surface area (TPSA) is 60.5 Å². The van der Waals surface area contributed by atoms with Crippen molar-refractivity contribution in [3.63, 3.8) is 0 Å². The first-order chi connectivity index (χ1) is 15.0. The lowest BCUT2D eigenvalue weighted by Gasteiger charge is -2.26. The van der Waals surface area contributed by atoms with Gasteiger partial charge >= 0.3 is 0 Å². The fourth-order valence-corrected chi connectivity index (χ4v) is 5.57. The number of hydrogen-bond acceptors (Lipinski definition) is 4. The Hall–Kier alpha value is -2.18. The third-order valence-corrected chi connectivity index (χ3v) is 7.26. The number of H-pyrrole nitrogens is 1. The van der Waals surface area contributed by atoms with Crippen LogP contribution in [0.25, 0.3) is 6.08 Å². The van der Waals surface area contributed by atoms with Gasteiger partial charge in [0.25, 0.3) is 5.91 Å². The summed E-state index contributed by atoms with van der Waals surface area (Å²) in [7, 11) is 0. The van der Waals surface area contributed by atoms with Crippen LogP contribution < -0.4 is 5.43 Å². The molecule has 31 heavy (non-hydrogen) atoms. The van der Waals surface area contributed by atoms with Gasteiger partial charge in [0.15, 0.2) is 0 Å². The van der Waals surface area contributed by atoms with Gasteiger partial charge in [0.1, 0.15) is 5.71 Å². The number of aromatic amines is 1. The summed E-state index contributed by atoms with van der Waals surface area (Å²) in [6.07, 6.45) is 9.65. The summed E-state index contributed by atoms with van der Waals surface area (Å²) >= 11 is 1.60. The van der Waals surface area contributed by atoms with Gasteiger partial charge in [-0.3, -0.25) is 4.79 Å². The predicted octanol–water partition coefficient (Wildman–Crippen LogP) is 5.23. The number of nitrogens with one attached hydrogen (secondary N) is 2. The lowest BCUT2D eigenvalue weighted by molar-refractivity contribution is -0.116. The summed E-state index contributed by atoms with van der Waals surface area (Å²) in [5.74, 6) is 0.258. The minimum atomic E-state index is -0.131. The summed E-state index contributed by atoms with van der Waals surface area (Å²) in [6.45, 7) is 10.4. The molecule has 0 aliphatic carbocycles. The third-order valence-electron chi connectivity index (χ3n) is 6.38. The molecule has 0 unspecified atom stereocenters. The van der Waals surface area contributed by atoms with Crippen LogP contribution >= 0.6 is 11.3 Å². The molecule has 0 aromatic carbocycles. The summed E-state index contributed by atoms with van der Waals surface area (Å²) in [4.78, 5) is 19.7. The predicted molar refractivity (Wildman–Crippen MR) is 130 cm³/mol. The monoisotopic (exact) mass is 438 g/mol. The molecule has 2 aliphatic heterocycles. The number of unbranched alkanes of at least 4 members (excludes halogenated alkanes) is 1.